The van der Waals surface area contributed by atoms with Gasteiger partial charge in [0, 0.05) is 6.20 Å². The summed E-state index contributed by atoms with van der Waals surface area (Å²) in [6.45, 7) is 7.53. The molecule has 1 aromatic rings. The van der Waals surface area contributed by atoms with E-state index in [1.807, 2.05) is 39.0 Å². The van der Waals surface area contributed by atoms with Crippen molar-refractivity contribution >= 4 is 11.0 Å². The van der Waals surface area contributed by atoms with Gasteiger partial charge < -0.3 is 0 Å². The average Bonchev–Trinajstić information content (AvgIpc) is 2.28. The summed E-state index contributed by atoms with van der Waals surface area (Å²) in [5, 5.41) is 0. The molecule has 0 fully saturated rings. The van der Waals surface area contributed by atoms with Crippen molar-refractivity contribution in [1.29, 1.82) is 0 Å². The predicted octanol–water partition coefficient (Wildman–Crippen LogP) is 2.20. The van der Waals surface area contributed by atoms with Gasteiger partial charge in [-0.15, -0.1) is 5.92 Å². The number of hydrogen-bond acceptors (Lipinski definition) is 2. The third-order valence-electron chi connectivity index (χ3n) is 2.05. The summed E-state index contributed by atoms with van der Waals surface area (Å²) in [5.41, 5.74) is 0.791. The lowest BCUT2D eigenvalue weighted by Crippen LogP contribution is -2.35. The van der Waals surface area contributed by atoms with E-state index in [0.29, 0.717) is 0 Å². The van der Waals surface area contributed by atoms with E-state index in [4.69, 9.17) is 0 Å². The normalized spacial score (nSPS) is 14.6. The van der Waals surface area contributed by atoms with Crippen LogP contribution in [0.4, 0.5) is 0 Å². The molecule has 0 saturated heterocycles. The van der Waals surface area contributed by atoms with Crippen LogP contribution >= 0.6 is 0 Å². The molecular weight excluding hydrogens is 232 g/mol. The van der Waals surface area contributed by atoms with Crippen molar-refractivity contribution in [1.82, 2.24) is 9.71 Å². The van der Waals surface area contributed by atoms with E-state index in [0.717, 1.165) is 5.69 Å². The van der Waals surface area contributed by atoms with Crippen LogP contribution < -0.4 is 4.72 Å². The highest BCUT2D eigenvalue weighted by Crippen LogP contribution is 2.15. The first-order valence-electron chi connectivity index (χ1n) is 5.46. The molecule has 0 aliphatic carbocycles. The van der Waals surface area contributed by atoms with Crippen LogP contribution in [0.1, 0.15) is 39.4 Å². The molecule has 92 valence electrons. The molecule has 0 aliphatic heterocycles. The van der Waals surface area contributed by atoms with Crippen LogP contribution in [0.25, 0.3) is 0 Å². The third kappa shape index (κ3) is 4.29. The minimum Gasteiger partial charge on any atom is -0.259 e. The summed E-state index contributed by atoms with van der Waals surface area (Å²) < 4.78 is 14.7. The number of nitrogens with zero attached hydrogens (tertiary/aromatic N) is 1. The number of rotatable bonds is 3. The van der Waals surface area contributed by atoms with Crippen molar-refractivity contribution in [2.24, 2.45) is 0 Å². The summed E-state index contributed by atoms with van der Waals surface area (Å²) in [6.07, 6.45) is 1.71. The molecule has 1 aromatic heterocycles. The zero-order chi connectivity index (χ0) is 12.9. The summed E-state index contributed by atoms with van der Waals surface area (Å²) in [5.74, 6) is 5.82. The summed E-state index contributed by atoms with van der Waals surface area (Å²) in [6, 6.07) is 5.33. The second-order valence-corrected chi connectivity index (χ2v) is 6.58. The second-order valence-electron chi connectivity index (χ2n) is 4.58. The first-order chi connectivity index (χ1) is 7.95. The van der Waals surface area contributed by atoms with Crippen LogP contribution in [-0.4, -0.2) is 13.9 Å². The molecule has 0 spiro atoms. The predicted molar refractivity (Wildman–Crippen MR) is 71.5 cm³/mol. The maximum atomic E-state index is 12.0. The van der Waals surface area contributed by atoms with Gasteiger partial charge in [0.2, 0.25) is 0 Å². The van der Waals surface area contributed by atoms with Crippen LogP contribution in [0.15, 0.2) is 24.4 Å². The van der Waals surface area contributed by atoms with Gasteiger partial charge >= 0.3 is 0 Å². The Labute approximate surface area is 106 Å². The van der Waals surface area contributed by atoms with Gasteiger partial charge in [-0.1, -0.05) is 12.0 Å². The number of pyridine rings is 1. The lowest BCUT2D eigenvalue weighted by molar-refractivity contribution is 0.626. The zero-order valence-electron chi connectivity index (χ0n) is 10.7. The molecule has 0 aromatic carbocycles. The molecule has 2 atom stereocenters. The molecule has 1 rings (SSSR count). The van der Waals surface area contributed by atoms with Crippen LogP contribution in [-0.2, 0) is 11.0 Å². The monoisotopic (exact) mass is 250 g/mol. The standard InChI is InChI=1S/C13H18N2OS/c1-5-8-12(11-9-6-7-10-14-11)15-17(16)13(2,3)4/h6-7,9-10,12,15H,1-4H3/t12-,17?/m1/s1. The van der Waals surface area contributed by atoms with E-state index in [1.165, 1.54) is 0 Å². The minimum atomic E-state index is -1.16. The van der Waals surface area contributed by atoms with Crippen LogP contribution in [0.5, 0.6) is 0 Å². The maximum Gasteiger partial charge on any atom is 0.123 e. The fourth-order valence-electron chi connectivity index (χ4n) is 1.14. The van der Waals surface area contributed by atoms with Crippen LogP contribution in [0.3, 0.4) is 0 Å². The van der Waals surface area contributed by atoms with Crippen molar-refractivity contribution in [2.75, 3.05) is 0 Å². The molecule has 0 amide bonds. The van der Waals surface area contributed by atoms with Crippen LogP contribution in [0.2, 0.25) is 0 Å². The van der Waals surface area contributed by atoms with E-state index >= 15 is 0 Å². The highest BCUT2D eigenvalue weighted by Gasteiger charge is 2.23. The Morgan fingerprint density at radius 1 is 1.41 bits per heavy atom. The summed E-state index contributed by atoms with van der Waals surface area (Å²) >= 11 is 0. The fourth-order valence-corrected chi connectivity index (χ4v) is 1.89. The molecular formula is C13H18N2OS. The van der Waals surface area contributed by atoms with Gasteiger partial charge in [-0.3, -0.25) is 4.98 Å². The van der Waals surface area contributed by atoms with Gasteiger partial charge in [0.1, 0.15) is 6.04 Å². The zero-order valence-corrected chi connectivity index (χ0v) is 11.5. The minimum absolute atomic E-state index is 0.291. The lowest BCUT2D eigenvalue weighted by atomic mass is 10.2. The quantitative estimate of drug-likeness (QED) is 0.836. The summed E-state index contributed by atoms with van der Waals surface area (Å²) in [7, 11) is -1.16. The van der Waals surface area contributed by atoms with E-state index in [9.17, 15) is 4.21 Å². The van der Waals surface area contributed by atoms with Crippen molar-refractivity contribution in [2.45, 2.75) is 38.5 Å². The molecule has 1 unspecified atom stereocenters. The largest absolute Gasteiger partial charge is 0.259 e. The average molecular weight is 250 g/mol. The van der Waals surface area contributed by atoms with Gasteiger partial charge in [-0.2, -0.15) is 0 Å². The van der Waals surface area contributed by atoms with Crippen molar-refractivity contribution in [3.05, 3.63) is 30.1 Å². The van der Waals surface area contributed by atoms with Gasteiger partial charge in [0.15, 0.2) is 0 Å². The Bertz CT molecular complexity index is 440. The maximum absolute atomic E-state index is 12.0. The molecule has 17 heavy (non-hydrogen) atoms. The third-order valence-corrected chi connectivity index (χ3v) is 3.62. The van der Waals surface area contributed by atoms with E-state index in [1.54, 1.807) is 13.1 Å². The molecule has 3 nitrogen and oxygen atoms in total. The van der Waals surface area contributed by atoms with Gasteiger partial charge in [-0.05, 0) is 39.8 Å². The molecule has 1 N–H and O–H groups in total. The fraction of sp³-hybridized carbons (Fsp3) is 0.462. The number of hydrogen-bond donors (Lipinski definition) is 1. The Morgan fingerprint density at radius 2 is 2.12 bits per heavy atom. The molecule has 0 radical (unpaired) electrons. The number of nitrogens with one attached hydrogen (secondary N) is 1. The second kappa shape index (κ2) is 5.95. The molecule has 0 aliphatic rings. The highest BCUT2D eigenvalue weighted by atomic mass is 32.2. The van der Waals surface area contributed by atoms with Crippen molar-refractivity contribution < 1.29 is 4.21 Å². The van der Waals surface area contributed by atoms with E-state index in [2.05, 4.69) is 21.5 Å². The molecule has 0 bridgehead atoms. The van der Waals surface area contributed by atoms with Crippen LogP contribution in [0, 0.1) is 11.8 Å². The number of aromatic nitrogens is 1. The van der Waals surface area contributed by atoms with E-state index < -0.39 is 11.0 Å². The Morgan fingerprint density at radius 3 is 2.59 bits per heavy atom. The molecule has 1 heterocycles. The highest BCUT2D eigenvalue weighted by molar-refractivity contribution is 7.84. The van der Waals surface area contributed by atoms with Gasteiger partial charge in [0.05, 0.1) is 21.4 Å². The smallest absolute Gasteiger partial charge is 0.123 e. The van der Waals surface area contributed by atoms with E-state index in [-0.39, 0.29) is 10.8 Å². The topological polar surface area (TPSA) is 42.0 Å². The lowest BCUT2D eigenvalue weighted by Gasteiger charge is -2.21. The summed E-state index contributed by atoms with van der Waals surface area (Å²) in [4.78, 5) is 4.23. The Hall–Kier alpha value is -1.18. The first-order valence-corrected chi connectivity index (χ1v) is 6.61. The van der Waals surface area contributed by atoms with Crippen molar-refractivity contribution in [3.8, 4) is 11.8 Å². The molecule has 4 heteroatoms. The Kier molecular flexibility index (Phi) is 4.86. The van der Waals surface area contributed by atoms with Gasteiger partial charge in [-0.25, -0.2) is 8.93 Å². The first kappa shape index (κ1) is 13.9. The Balaban J connectivity index is 2.88. The van der Waals surface area contributed by atoms with Gasteiger partial charge in [0.25, 0.3) is 0 Å². The molecule has 0 saturated carbocycles. The van der Waals surface area contributed by atoms with Crippen molar-refractivity contribution in [3.63, 3.8) is 0 Å². The SMILES string of the molecule is CC#C[C@@H](NS(=O)C(C)(C)C)c1ccccn1.